The summed E-state index contributed by atoms with van der Waals surface area (Å²) in [5.74, 6) is -2.04. The van der Waals surface area contributed by atoms with Crippen LogP contribution in [0.15, 0.2) is 121 Å². The largest absolute Gasteiger partial charge is 0.505 e. The zero-order valence-corrected chi connectivity index (χ0v) is 36.9. The number of hydrogen-bond donors (Lipinski definition) is 2. The van der Waals surface area contributed by atoms with Gasteiger partial charge >= 0.3 is 0 Å². The van der Waals surface area contributed by atoms with Crippen LogP contribution in [0.25, 0.3) is 0 Å². The highest BCUT2D eigenvalue weighted by Crippen LogP contribution is 2.52. The minimum atomic E-state index is -0.935. The topological polar surface area (TPSA) is 49.7 Å². The Morgan fingerprint density at radius 2 is 0.951 bits per heavy atom. The fourth-order valence-electron chi connectivity index (χ4n) is 8.28. The lowest BCUT2D eigenvalue weighted by molar-refractivity contribution is 0.228. The molecule has 8 rings (SSSR count). The maximum Gasteiger partial charge on any atom is 0.167 e. The number of ether oxygens (including phenoxy) is 1. The highest BCUT2D eigenvalue weighted by atomic mass is 35.5. The van der Waals surface area contributed by atoms with E-state index >= 15 is 0 Å². The van der Waals surface area contributed by atoms with Crippen LogP contribution in [-0.4, -0.2) is 23.4 Å². The Labute approximate surface area is 382 Å². The summed E-state index contributed by atoms with van der Waals surface area (Å²) in [6.07, 6.45) is 3.64. The van der Waals surface area contributed by atoms with E-state index in [1.54, 1.807) is 12.1 Å². The molecule has 320 valence electrons. The van der Waals surface area contributed by atoms with Crippen molar-refractivity contribution in [2.75, 3.05) is 13.2 Å². The second kappa shape index (κ2) is 21.6. The Hall–Kier alpha value is -3.66. The fourth-order valence-corrected chi connectivity index (χ4v) is 9.63. The molecule has 2 fully saturated rings. The van der Waals surface area contributed by atoms with Gasteiger partial charge in [0, 0.05) is 48.9 Å². The van der Waals surface area contributed by atoms with Gasteiger partial charge in [0.1, 0.15) is 11.6 Å². The van der Waals surface area contributed by atoms with Gasteiger partial charge in [-0.3, -0.25) is 0 Å². The summed E-state index contributed by atoms with van der Waals surface area (Å²) in [7, 11) is 0. The summed E-state index contributed by atoms with van der Waals surface area (Å²) in [5, 5.41) is 22.1. The van der Waals surface area contributed by atoms with Gasteiger partial charge in [-0.05, 0) is 156 Å². The van der Waals surface area contributed by atoms with Crippen molar-refractivity contribution < 1.29 is 32.5 Å². The monoisotopic (exact) mass is 950 g/mol. The van der Waals surface area contributed by atoms with E-state index < -0.39 is 29.0 Å². The lowest BCUT2D eigenvalue weighted by atomic mass is 9.84. The van der Waals surface area contributed by atoms with Crippen LogP contribution in [0.5, 0.6) is 11.5 Å². The molecule has 6 atom stereocenters. The molecule has 6 aromatic carbocycles. The van der Waals surface area contributed by atoms with E-state index in [-0.39, 0.29) is 24.4 Å². The normalized spacial score (nSPS) is 20.6. The number of phenols is 1. The fraction of sp³-hybridized carbons (Fsp3) is 0.250. The summed E-state index contributed by atoms with van der Waals surface area (Å²) in [5.41, 5.74) is 4.60. The van der Waals surface area contributed by atoms with Crippen LogP contribution in [0.4, 0.5) is 17.6 Å². The van der Waals surface area contributed by atoms with Gasteiger partial charge in [0.05, 0.1) is 6.61 Å². The molecule has 0 saturated heterocycles. The van der Waals surface area contributed by atoms with Crippen LogP contribution >= 0.6 is 69.6 Å². The lowest BCUT2D eigenvalue weighted by Crippen LogP contribution is -2.09. The van der Waals surface area contributed by atoms with Crippen molar-refractivity contribution in [3.63, 3.8) is 0 Å². The molecule has 0 aromatic heterocycles. The SMILES string of the molecule is Fc1ccc(OC[C@@H]2C[C@H](c3ccc(Cl)cc3)[C@H](c3ccc(Cl)cc3Cl)C2)cc1F.OCC1C[C@H](c2ccc(Cl)cc2)[C@H](c2ccc(Cl)cc2Cl)C1.Oc1ccc(F)cc1F. The van der Waals surface area contributed by atoms with Crippen molar-refractivity contribution in [1.82, 2.24) is 0 Å². The third-order valence-electron chi connectivity index (χ3n) is 11.2. The molecule has 0 heterocycles. The molecule has 61 heavy (non-hydrogen) atoms. The Morgan fingerprint density at radius 3 is 1.41 bits per heavy atom. The lowest BCUT2D eigenvalue weighted by Gasteiger charge is -2.21. The van der Waals surface area contributed by atoms with Gasteiger partial charge in [-0.15, -0.1) is 0 Å². The van der Waals surface area contributed by atoms with Crippen molar-refractivity contribution in [2.45, 2.75) is 49.4 Å². The Morgan fingerprint density at radius 1 is 0.475 bits per heavy atom. The van der Waals surface area contributed by atoms with E-state index in [0.29, 0.717) is 61.3 Å². The Balaban J connectivity index is 0.000000175. The molecule has 2 saturated carbocycles. The molecule has 6 aromatic rings. The molecule has 1 unspecified atom stereocenters. The summed E-state index contributed by atoms with van der Waals surface area (Å²) < 4.78 is 56.5. The molecule has 0 radical (unpaired) electrons. The van der Waals surface area contributed by atoms with E-state index in [0.717, 1.165) is 66.1 Å². The standard InChI is InChI=1S/C24H19Cl3F2O.C18H17Cl3O.C6H4F2O/c25-16-3-1-15(2-4-16)20-9-14(13-30-18-6-8-23(28)24(29)12-18)10-21(20)19-7-5-17(26)11-22(19)27;19-13-3-1-12(2-4-13)16-7-11(10-22)8-17(16)15-6-5-14(20)9-18(15)21;7-4-1-2-6(9)5(8)3-4/h1-8,11-12,14,20-21H,9-10,13H2;1-6,9,11,16-17,22H,7-8,10H2;1-3,9H/t14-,20-,21+;11?,16-,17+;/m11./s1. The van der Waals surface area contributed by atoms with Crippen molar-refractivity contribution in [2.24, 2.45) is 11.8 Å². The molecule has 2 aliphatic carbocycles. The van der Waals surface area contributed by atoms with Gasteiger partial charge in [0.15, 0.2) is 23.2 Å². The van der Waals surface area contributed by atoms with Gasteiger partial charge < -0.3 is 14.9 Å². The first kappa shape index (κ1) is 46.8. The molecule has 2 aliphatic rings. The molecule has 0 amide bonds. The maximum absolute atomic E-state index is 13.5. The van der Waals surface area contributed by atoms with Crippen molar-refractivity contribution in [3.8, 4) is 11.5 Å². The quantitative estimate of drug-likeness (QED) is 0.150. The van der Waals surface area contributed by atoms with Crippen LogP contribution in [0.3, 0.4) is 0 Å². The molecule has 0 spiro atoms. The van der Waals surface area contributed by atoms with Crippen molar-refractivity contribution >= 4 is 69.6 Å². The Kier molecular flexibility index (Phi) is 16.6. The molecule has 2 N–H and O–H groups in total. The number of halogens is 10. The van der Waals surface area contributed by atoms with Crippen LogP contribution in [0.1, 0.15) is 71.6 Å². The van der Waals surface area contributed by atoms with E-state index in [4.69, 9.17) is 79.4 Å². The number of aromatic hydroxyl groups is 1. The number of aliphatic hydroxyl groups is 1. The number of rotatable bonds is 8. The molecular formula is C48H40Cl6F4O3. The van der Waals surface area contributed by atoms with Crippen LogP contribution < -0.4 is 4.74 Å². The first-order valence-electron chi connectivity index (χ1n) is 19.4. The molecule has 0 aliphatic heterocycles. The molecular weight excluding hydrogens is 913 g/mol. The van der Waals surface area contributed by atoms with Crippen LogP contribution in [0, 0.1) is 35.1 Å². The van der Waals surface area contributed by atoms with Crippen molar-refractivity contribution in [3.05, 3.63) is 197 Å². The first-order valence-corrected chi connectivity index (χ1v) is 21.7. The maximum atomic E-state index is 13.5. The van der Waals surface area contributed by atoms with Gasteiger partial charge in [-0.25, -0.2) is 17.6 Å². The third-order valence-corrected chi connectivity index (χ3v) is 12.8. The van der Waals surface area contributed by atoms with Crippen LogP contribution in [-0.2, 0) is 0 Å². The highest BCUT2D eigenvalue weighted by Gasteiger charge is 2.38. The average molecular weight is 954 g/mol. The minimum Gasteiger partial charge on any atom is -0.505 e. The summed E-state index contributed by atoms with van der Waals surface area (Å²) in [6, 6.07) is 33.3. The second-order valence-corrected chi connectivity index (χ2v) is 17.8. The predicted molar refractivity (Wildman–Crippen MR) is 239 cm³/mol. The molecule has 3 nitrogen and oxygen atoms in total. The molecule has 0 bridgehead atoms. The summed E-state index contributed by atoms with van der Waals surface area (Å²) in [4.78, 5) is 0. The molecule has 13 heteroatoms. The first-order chi connectivity index (χ1) is 29.2. The third kappa shape index (κ3) is 12.5. The van der Waals surface area contributed by atoms with Gasteiger partial charge in [-0.2, -0.15) is 0 Å². The summed E-state index contributed by atoms with van der Waals surface area (Å²) in [6.45, 7) is 0.628. The highest BCUT2D eigenvalue weighted by molar-refractivity contribution is 6.35. The van der Waals surface area contributed by atoms with E-state index in [1.807, 2.05) is 60.7 Å². The van der Waals surface area contributed by atoms with Gasteiger partial charge in [0.2, 0.25) is 0 Å². The van der Waals surface area contributed by atoms with E-state index in [9.17, 15) is 22.7 Å². The number of aliphatic hydroxyl groups excluding tert-OH is 1. The van der Waals surface area contributed by atoms with Crippen molar-refractivity contribution in [1.29, 1.82) is 0 Å². The van der Waals surface area contributed by atoms with Gasteiger partial charge in [-0.1, -0.05) is 106 Å². The number of benzene rings is 6. The van der Waals surface area contributed by atoms with E-state index in [1.165, 1.54) is 17.2 Å². The smallest absolute Gasteiger partial charge is 0.167 e. The number of phenolic OH excluding ortho intramolecular Hbond substituents is 1. The predicted octanol–water partition coefficient (Wildman–Crippen LogP) is 15.9. The Bertz CT molecular complexity index is 2400. The zero-order chi connectivity index (χ0) is 43.8. The van der Waals surface area contributed by atoms with E-state index in [2.05, 4.69) is 12.1 Å². The minimum absolute atomic E-state index is 0.189. The van der Waals surface area contributed by atoms with Gasteiger partial charge in [0.25, 0.3) is 0 Å². The number of hydrogen-bond acceptors (Lipinski definition) is 3. The summed E-state index contributed by atoms with van der Waals surface area (Å²) >= 11 is 37.1. The second-order valence-electron chi connectivity index (χ2n) is 15.2. The van der Waals surface area contributed by atoms with Crippen LogP contribution in [0.2, 0.25) is 30.1 Å². The average Bonchev–Trinajstić information content (AvgIpc) is 3.86. The zero-order valence-electron chi connectivity index (χ0n) is 32.3.